The first-order valence-electron chi connectivity index (χ1n) is 8.54. The fraction of sp³-hybridized carbons (Fsp3) is 0.647. The molecule has 0 aliphatic heterocycles. The maximum Gasteiger partial charge on any atom is 0.416 e. The SMILES string of the molecule is CN(C)C1CCCCC1NC(S)Nc1cc(C(F)(F)F)cc(C(F)(F)F)c1. The van der Waals surface area contributed by atoms with E-state index in [-0.39, 0.29) is 23.8 Å². The predicted molar refractivity (Wildman–Crippen MR) is 95.7 cm³/mol. The molecule has 27 heavy (non-hydrogen) atoms. The van der Waals surface area contributed by atoms with Crippen molar-refractivity contribution in [1.82, 2.24) is 10.2 Å². The molecule has 154 valence electrons. The first-order chi connectivity index (χ1) is 12.4. The van der Waals surface area contributed by atoms with Gasteiger partial charge in [-0.1, -0.05) is 12.8 Å². The molecular weight excluding hydrogens is 392 g/mol. The third-order valence-electron chi connectivity index (χ3n) is 4.66. The maximum atomic E-state index is 13.0. The lowest BCUT2D eigenvalue weighted by atomic mass is 9.90. The van der Waals surface area contributed by atoms with E-state index in [0.717, 1.165) is 25.7 Å². The van der Waals surface area contributed by atoms with Crippen LogP contribution in [0.1, 0.15) is 36.8 Å². The molecule has 3 nitrogen and oxygen atoms in total. The number of benzene rings is 1. The van der Waals surface area contributed by atoms with Gasteiger partial charge in [0.15, 0.2) is 0 Å². The Hall–Kier alpha value is -1.13. The summed E-state index contributed by atoms with van der Waals surface area (Å²) in [4.78, 5) is 2.06. The quantitative estimate of drug-likeness (QED) is 0.366. The van der Waals surface area contributed by atoms with E-state index in [2.05, 4.69) is 28.2 Å². The molecule has 0 spiro atoms. The molecule has 10 heteroatoms. The van der Waals surface area contributed by atoms with Crippen LogP contribution in [-0.4, -0.2) is 36.6 Å². The molecule has 2 rings (SSSR count). The lowest BCUT2D eigenvalue weighted by Crippen LogP contribution is -2.52. The summed E-state index contributed by atoms with van der Waals surface area (Å²) in [5, 5.41) is 5.77. The zero-order valence-corrected chi connectivity index (χ0v) is 15.8. The minimum Gasteiger partial charge on any atom is -0.361 e. The molecule has 0 amide bonds. The van der Waals surface area contributed by atoms with Crippen molar-refractivity contribution in [3.05, 3.63) is 29.3 Å². The van der Waals surface area contributed by atoms with Crippen LogP contribution in [0.15, 0.2) is 18.2 Å². The first kappa shape index (κ1) is 22.2. The summed E-state index contributed by atoms with van der Waals surface area (Å²) in [5.74, 6) is 0. The highest BCUT2D eigenvalue weighted by atomic mass is 32.1. The second-order valence-electron chi connectivity index (χ2n) is 6.93. The van der Waals surface area contributed by atoms with E-state index in [0.29, 0.717) is 12.1 Å². The van der Waals surface area contributed by atoms with Gasteiger partial charge in [0.2, 0.25) is 0 Å². The standard InChI is InChI=1S/C17H23F6N3S/c1-26(2)14-6-4-3-5-13(14)25-15(27)24-12-8-10(16(18,19)20)7-11(9-12)17(21,22)23/h7-9,13-15,24-25,27H,3-6H2,1-2H3. The minimum absolute atomic E-state index is 0.0386. The maximum absolute atomic E-state index is 13.0. The van der Waals surface area contributed by atoms with Gasteiger partial charge in [-0.3, -0.25) is 5.32 Å². The summed E-state index contributed by atoms with van der Waals surface area (Å²) in [5.41, 5.74) is -3.80. The fourth-order valence-electron chi connectivity index (χ4n) is 3.36. The average Bonchev–Trinajstić information content (AvgIpc) is 2.53. The van der Waals surface area contributed by atoms with Crippen LogP contribution in [0, 0.1) is 0 Å². The van der Waals surface area contributed by atoms with Crippen molar-refractivity contribution >= 4 is 18.3 Å². The molecular formula is C17H23F6N3S. The number of hydrogen-bond donors (Lipinski definition) is 3. The van der Waals surface area contributed by atoms with E-state index < -0.39 is 29.0 Å². The Labute approximate surface area is 159 Å². The van der Waals surface area contributed by atoms with E-state index in [1.54, 1.807) is 0 Å². The van der Waals surface area contributed by atoms with Crippen LogP contribution in [0.25, 0.3) is 0 Å². The molecule has 3 atom stereocenters. The number of likely N-dealkylation sites (N-methyl/N-ethyl adjacent to an activating group) is 1. The number of alkyl halides is 6. The van der Waals surface area contributed by atoms with Crippen LogP contribution in [0.5, 0.6) is 0 Å². The Kier molecular flexibility index (Phi) is 6.96. The number of thiol groups is 1. The van der Waals surface area contributed by atoms with Gasteiger partial charge in [0, 0.05) is 17.8 Å². The van der Waals surface area contributed by atoms with Crippen molar-refractivity contribution < 1.29 is 26.3 Å². The third-order valence-corrected chi connectivity index (χ3v) is 4.93. The fourth-order valence-corrected chi connectivity index (χ4v) is 3.70. The van der Waals surface area contributed by atoms with Gasteiger partial charge >= 0.3 is 12.4 Å². The van der Waals surface area contributed by atoms with Crippen molar-refractivity contribution in [3.8, 4) is 0 Å². The number of nitrogens with zero attached hydrogens (tertiary/aromatic N) is 1. The van der Waals surface area contributed by atoms with Crippen LogP contribution in [0.3, 0.4) is 0 Å². The highest BCUT2D eigenvalue weighted by Crippen LogP contribution is 2.37. The van der Waals surface area contributed by atoms with Crippen LogP contribution in [0.4, 0.5) is 32.0 Å². The molecule has 1 aliphatic carbocycles. The Bertz CT molecular complexity index is 600. The molecule has 1 fully saturated rings. The summed E-state index contributed by atoms with van der Waals surface area (Å²) in [6.07, 6.45) is -5.85. The second kappa shape index (κ2) is 8.48. The number of halogens is 6. The largest absolute Gasteiger partial charge is 0.416 e. The van der Waals surface area contributed by atoms with Crippen LogP contribution >= 0.6 is 12.6 Å². The Morgan fingerprint density at radius 2 is 1.48 bits per heavy atom. The van der Waals surface area contributed by atoms with E-state index >= 15 is 0 Å². The molecule has 0 saturated heterocycles. The predicted octanol–water partition coefficient (Wildman–Crippen LogP) is 4.81. The van der Waals surface area contributed by atoms with Crippen molar-refractivity contribution in [3.63, 3.8) is 0 Å². The highest BCUT2D eigenvalue weighted by Gasteiger charge is 2.37. The lowest BCUT2D eigenvalue weighted by molar-refractivity contribution is -0.143. The summed E-state index contributed by atoms with van der Waals surface area (Å²) < 4.78 is 77.7. The normalized spacial score (nSPS) is 22.7. The van der Waals surface area contributed by atoms with Gasteiger partial charge in [-0.2, -0.15) is 26.3 Å². The van der Waals surface area contributed by atoms with Crippen molar-refractivity contribution in [1.29, 1.82) is 0 Å². The topological polar surface area (TPSA) is 27.3 Å². The molecule has 0 heterocycles. The Morgan fingerprint density at radius 1 is 0.963 bits per heavy atom. The molecule has 3 unspecified atom stereocenters. The van der Waals surface area contributed by atoms with E-state index in [1.807, 2.05) is 14.1 Å². The van der Waals surface area contributed by atoms with Crippen molar-refractivity contribution in [2.75, 3.05) is 19.4 Å². The van der Waals surface area contributed by atoms with Gasteiger partial charge in [-0.15, -0.1) is 12.6 Å². The lowest BCUT2D eigenvalue weighted by Gasteiger charge is -2.38. The Morgan fingerprint density at radius 3 is 1.96 bits per heavy atom. The third kappa shape index (κ3) is 6.18. The van der Waals surface area contributed by atoms with Crippen LogP contribution in [0.2, 0.25) is 0 Å². The molecule has 1 aromatic rings. The number of anilines is 1. The summed E-state index contributed by atoms with van der Waals surface area (Å²) >= 11 is 4.27. The highest BCUT2D eigenvalue weighted by molar-refractivity contribution is 7.81. The van der Waals surface area contributed by atoms with Crippen LogP contribution in [-0.2, 0) is 12.4 Å². The van der Waals surface area contributed by atoms with E-state index in [4.69, 9.17) is 0 Å². The number of hydrogen-bond acceptors (Lipinski definition) is 4. The summed E-state index contributed by atoms with van der Waals surface area (Å²) in [7, 11) is 3.88. The molecule has 0 radical (unpaired) electrons. The second-order valence-corrected chi connectivity index (χ2v) is 7.45. The molecule has 1 saturated carbocycles. The molecule has 0 aromatic heterocycles. The zero-order chi connectivity index (χ0) is 20.4. The van der Waals surface area contributed by atoms with Gasteiger partial charge < -0.3 is 10.2 Å². The molecule has 1 aromatic carbocycles. The zero-order valence-electron chi connectivity index (χ0n) is 15.0. The molecule has 0 bridgehead atoms. The smallest absolute Gasteiger partial charge is 0.361 e. The average molecular weight is 415 g/mol. The Balaban J connectivity index is 2.17. The van der Waals surface area contributed by atoms with Gasteiger partial charge in [0.1, 0.15) is 5.50 Å². The van der Waals surface area contributed by atoms with Gasteiger partial charge in [-0.25, -0.2) is 0 Å². The minimum atomic E-state index is -4.88. The van der Waals surface area contributed by atoms with Crippen molar-refractivity contribution in [2.24, 2.45) is 0 Å². The van der Waals surface area contributed by atoms with E-state index in [9.17, 15) is 26.3 Å². The number of rotatable bonds is 5. The van der Waals surface area contributed by atoms with Gasteiger partial charge in [0.25, 0.3) is 0 Å². The number of nitrogens with one attached hydrogen (secondary N) is 2. The van der Waals surface area contributed by atoms with Gasteiger partial charge in [-0.05, 0) is 45.1 Å². The first-order valence-corrected chi connectivity index (χ1v) is 9.06. The van der Waals surface area contributed by atoms with Crippen molar-refractivity contribution in [2.45, 2.75) is 55.6 Å². The van der Waals surface area contributed by atoms with Gasteiger partial charge in [0.05, 0.1) is 11.1 Å². The van der Waals surface area contributed by atoms with Crippen LogP contribution < -0.4 is 10.6 Å². The monoisotopic (exact) mass is 415 g/mol. The molecule has 2 N–H and O–H groups in total. The van der Waals surface area contributed by atoms with E-state index in [1.165, 1.54) is 0 Å². The molecule has 1 aliphatic rings. The summed E-state index contributed by atoms with van der Waals surface area (Å²) in [6.45, 7) is 0. The summed E-state index contributed by atoms with van der Waals surface area (Å²) in [6, 6.07) is 1.68.